The van der Waals surface area contributed by atoms with E-state index >= 15 is 0 Å². The second-order valence-corrected chi connectivity index (χ2v) is 4.36. The lowest BCUT2D eigenvalue weighted by atomic mass is 10.1. The lowest BCUT2D eigenvalue weighted by Gasteiger charge is -2.07. The van der Waals surface area contributed by atoms with Crippen LogP contribution in [-0.2, 0) is 13.0 Å². The molecule has 3 nitrogen and oxygen atoms in total. The van der Waals surface area contributed by atoms with E-state index in [1.165, 1.54) is 6.07 Å². The number of aliphatic hydroxyl groups excluding tert-OH is 1. The van der Waals surface area contributed by atoms with Gasteiger partial charge in [0.2, 0.25) is 0 Å². The minimum Gasteiger partial charge on any atom is -0.390 e. The Labute approximate surface area is 109 Å². The van der Waals surface area contributed by atoms with Crippen LogP contribution in [0.25, 0.3) is 0 Å². The SMILES string of the molecule is Cc1cc(CO)nc(Cc2c(F)cccc2Cl)n1. The Morgan fingerprint density at radius 2 is 2.11 bits per heavy atom. The van der Waals surface area contributed by atoms with Gasteiger partial charge in [-0.3, -0.25) is 0 Å². The van der Waals surface area contributed by atoms with Crippen LogP contribution >= 0.6 is 11.6 Å². The van der Waals surface area contributed by atoms with Crippen LogP contribution in [-0.4, -0.2) is 15.1 Å². The van der Waals surface area contributed by atoms with Gasteiger partial charge in [-0.15, -0.1) is 0 Å². The van der Waals surface area contributed by atoms with Crippen molar-refractivity contribution < 1.29 is 9.50 Å². The maximum absolute atomic E-state index is 13.6. The minimum absolute atomic E-state index is 0.165. The summed E-state index contributed by atoms with van der Waals surface area (Å²) >= 11 is 5.95. The predicted molar refractivity (Wildman–Crippen MR) is 66.9 cm³/mol. The molecule has 2 aromatic rings. The fourth-order valence-corrected chi connectivity index (χ4v) is 1.95. The molecule has 0 unspecified atom stereocenters. The Morgan fingerprint density at radius 1 is 1.33 bits per heavy atom. The van der Waals surface area contributed by atoms with Gasteiger partial charge in [-0.25, -0.2) is 14.4 Å². The highest BCUT2D eigenvalue weighted by Gasteiger charge is 2.10. The Bertz CT molecular complexity index is 555. The fraction of sp³-hybridized carbons (Fsp3) is 0.231. The third kappa shape index (κ3) is 2.83. The van der Waals surface area contributed by atoms with E-state index in [0.717, 1.165) is 5.69 Å². The van der Waals surface area contributed by atoms with E-state index in [9.17, 15) is 4.39 Å². The van der Waals surface area contributed by atoms with Crippen LogP contribution in [0.4, 0.5) is 4.39 Å². The van der Waals surface area contributed by atoms with E-state index in [1.807, 2.05) is 0 Å². The number of benzene rings is 1. The average Bonchev–Trinajstić information content (AvgIpc) is 2.33. The molecule has 1 aromatic heterocycles. The zero-order chi connectivity index (χ0) is 13.1. The quantitative estimate of drug-likeness (QED) is 0.929. The zero-order valence-electron chi connectivity index (χ0n) is 9.82. The van der Waals surface area contributed by atoms with E-state index in [2.05, 4.69) is 9.97 Å². The van der Waals surface area contributed by atoms with Crippen molar-refractivity contribution in [1.29, 1.82) is 0 Å². The van der Waals surface area contributed by atoms with E-state index < -0.39 is 0 Å². The summed E-state index contributed by atoms with van der Waals surface area (Å²) in [5.41, 5.74) is 1.62. The Balaban J connectivity index is 2.37. The lowest BCUT2D eigenvalue weighted by Crippen LogP contribution is -2.04. The second kappa shape index (κ2) is 5.42. The van der Waals surface area contributed by atoms with Crippen molar-refractivity contribution in [2.75, 3.05) is 0 Å². The molecular weight excluding hydrogens is 255 g/mol. The molecule has 0 bridgehead atoms. The molecule has 0 amide bonds. The third-order valence-corrected chi connectivity index (χ3v) is 2.87. The number of aryl methyl sites for hydroxylation is 1. The topological polar surface area (TPSA) is 46.0 Å². The number of aliphatic hydroxyl groups is 1. The van der Waals surface area contributed by atoms with Gasteiger partial charge in [0.1, 0.15) is 11.6 Å². The van der Waals surface area contributed by atoms with Crippen molar-refractivity contribution in [3.8, 4) is 0 Å². The smallest absolute Gasteiger partial charge is 0.133 e. The molecule has 0 aliphatic rings. The number of halogens is 2. The molecule has 18 heavy (non-hydrogen) atoms. The van der Waals surface area contributed by atoms with Crippen LogP contribution < -0.4 is 0 Å². The number of aromatic nitrogens is 2. The molecule has 0 saturated heterocycles. The summed E-state index contributed by atoms with van der Waals surface area (Å²) < 4.78 is 13.6. The van der Waals surface area contributed by atoms with E-state index in [0.29, 0.717) is 22.1 Å². The number of rotatable bonds is 3. The largest absolute Gasteiger partial charge is 0.390 e. The molecule has 5 heteroatoms. The first kappa shape index (κ1) is 12.9. The van der Waals surface area contributed by atoms with Gasteiger partial charge >= 0.3 is 0 Å². The van der Waals surface area contributed by atoms with Crippen molar-refractivity contribution in [1.82, 2.24) is 9.97 Å². The van der Waals surface area contributed by atoms with Gasteiger partial charge in [-0.05, 0) is 25.1 Å². The third-order valence-electron chi connectivity index (χ3n) is 2.51. The van der Waals surface area contributed by atoms with E-state index in [1.54, 1.807) is 25.1 Å². The highest BCUT2D eigenvalue weighted by molar-refractivity contribution is 6.31. The Hall–Kier alpha value is -1.52. The maximum atomic E-state index is 13.6. The Morgan fingerprint density at radius 3 is 2.78 bits per heavy atom. The van der Waals surface area contributed by atoms with E-state index in [-0.39, 0.29) is 18.8 Å². The van der Waals surface area contributed by atoms with Crippen LogP contribution in [0.3, 0.4) is 0 Å². The first-order valence-electron chi connectivity index (χ1n) is 5.47. The first-order chi connectivity index (χ1) is 8.60. The molecule has 0 radical (unpaired) electrons. The maximum Gasteiger partial charge on any atom is 0.133 e. The van der Waals surface area contributed by atoms with Crippen LogP contribution in [0, 0.1) is 12.7 Å². The van der Waals surface area contributed by atoms with Gasteiger partial charge in [-0.2, -0.15) is 0 Å². The van der Waals surface area contributed by atoms with Crippen LogP contribution in [0.5, 0.6) is 0 Å². The van der Waals surface area contributed by atoms with Gasteiger partial charge in [0.15, 0.2) is 0 Å². The first-order valence-corrected chi connectivity index (χ1v) is 5.85. The summed E-state index contributed by atoms with van der Waals surface area (Å²) in [6, 6.07) is 6.22. The average molecular weight is 267 g/mol. The van der Waals surface area contributed by atoms with Crippen LogP contribution in [0.2, 0.25) is 5.02 Å². The van der Waals surface area contributed by atoms with Gasteiger partial charge in [0.05, 0.1) is 12.3 Å². The molecule has 1 heterocycles. The molecule has 94 valence electrons. The highest BCUT2D eigenvalue weighted by Crippen LogP contribution is 2.21. The molecule has 0 saturated carbocycles. The number of hydrogen-bond acceptors (Lipinski definition) is 3. The summed E-state index contributed by atoms with van der Waals surface area (Å²) in [7, 11) is 0. The number of hydrogen-bond donors (Lipinski definition) is 1. The molecule has 0 atom stereocenters. The van der Waals surface area contributed by atoms with Crippen molar-refractivity contribution in [3.05, 3.63) is 57.9 Å². The highest BCUT2D eigenvalue weighted by atomic mass is 35.5. The van der Waals surface area contributed by atoms with Gasteiger partial charge in [-0.1, -0.05) is 17.7 Å². The normalized spacial score (nSPS) is 10.7. The molecule has 0 spiro atoms. The van der Waals surface area contributed by atoms with Crippen molar-refractivity contribution in [2.45, 2.75) is 20.0 Å². The molecule has 0 aliphatic carbocycles. The minimum atomic E-state index is -0.377. The van der Waals surface area contributed by atoms with Crippen molar-refractivity contribution in [2.24, 2.45) is 0 Å². The lowest BCUT2D eigenvalue weighted by molar-refractivity contribution is 0.276. The summed E-state index contributed by atoms with van der Waals surface area (Å²) in [4.78, 5) is 8.35. The molecule has 1 N–H and O–H groups in total. The van der Waals surface area contributed by atoms with Crippen molar-refractivity contribution in [3.63, 3.8) is 0 Å². The molecule has 2 rings (SSSR count). The molecular formula is C13H12ClFN2O. The molecule has 0 aliphatic heterocycles. The van der Waals surface area contributed by atoms with Crippen LogP contribution in [0.15, 0.2) is 24.3 Å². The second-order valence-electron chi connectivity index (χ2n) is 3.95. The van der Waals surface area contributed by atoms with Gasteiger partial charge < -0.3 is 5.11 Å². The summed E-state index contributed by atoms with van der Waals surface area (Å²) in [6.07, 6.45) is 0.209. The monoisotopic (exact) mass is 266 g/mol. The van der Waals surface area contributed by atoms with E-state index in [4.69, 9.17) is 16.7 Å². The summed E-state index contributed by atoms with van der Waals surface area (Å²) in [6.45, 7) is 1.63. The zero-order valence-corrected chi connectivity index (χ0v) is 10.6. The fourth-order valence-electron chi connectivity index (χ4n) is 1.72. The summed E-state index contributed by atoms with van der Waals surface area (Å²) in [5.74, 6) is 0.0733. The number of nitrogens with zero attached hydrogens (tertiary/aromatic N) is 2. The van der Waals surface area contributed by atoms with Crippen molar-refractivity contribution >= 4 is 11.6 Å². The summed E-state index contributed by atoms with van der Waals surface area (Å²) in [5, 5.41) is 9.42. The predicted octanol–water partition coefficient (Wildman–Crippen LogP) is 2.66. The Kier molecular flexibility index (Phi) is 3.89. The standard InChI is InChI=1S/C13H12ClFN2O/c1-8-5-9(7-18)17-13(16-8)6-10-11(14)3-2-4-12(10)15/h2-5,18H,6-7H2,1H3. The van der Waals surface area contributed by atoms with Gasteiger partial charge in [0.25, 0.3) is 0 Å². The van der Waals surface area contributed by atoms with Crippen LogP contribution in [0.1, 0.15) is 22.8 Å². The molecule has 0 fully saturated rings. The molecule has 1 aromatic carbocycles. The van der Waals surface area contributed by atoms with Gasteiger partial charge in [0, 0.05) is 22.7 Å².